The average molecular weight is 1040 g/mol. The van der Waals surface area contributed by atoms with E-state index >= 15 is 0 Å². The minimum Gasteiger partial charge on any atom is -0.480 e. The number of hydrogen-bond donors (Lipinski definition) is 5. The van der Waals surface area contributed by atoms with Gasteiger partial charge in [-0.3, -0.25) is 49.0 Å². The molecule has 0 aliphatic carbocycles. The Bertz CT molecular complexity index is 1860. The molecule has 0 aromatic rings. The molecule has 36 heteroatoms. The predicted molar refractivity (Wildman–Crippen MR) is 187 cm³/mol. The highest BCUT2D eigenvalue weighted by Gasteiger charge is 2.96. The van der Waals surface area contributed by atoms with Gasteiger partial charge in [-0.05, 0) is 6.92 Å². The summed E-state index contributed by atoms with van der Waals surface area (Å²) in [6.07, 6.45) is -7.97. The van der Waals surface area contributed by atoms with Crippen LogP contribution in [0.1, 0.15) is 6.92 Å². The van der Waals surface area contributed by atoms with E-state index in [0.717, 1.165) is 0 Å². The number of alkyl halides is 17. The maximum absolute atomic E-state index is 14.7. The fourth-order valence-electron chi connectivity index (χ4n) is 6.20. The molecule has 0 bridgehead atoms. The Balaban J connectivity index is 2.16. The molecule has 1 atom stereocenters. The Kier molecular flexibility index (Phi) is 18.7. The summed E-state index contributed by atoms with van der Waals surface area (Å²) in [4.78, 5) is 65.9. The summed E-state index contributed by atoms with van der Waals surface area (Å²) < 4.78 is 257. The lowest BCUT2D eigenvalue weighted by molar-refractivity contribution is -0.458. The summed E-state index contributed by atoms with van der Waals surface area (Å²) in [5.41, 5.74) is 1.97. The van der Waals surface area contributed by atoms with Crippen LogP contribution in [-0.2, 0) is 34.0 Å². The third-order valence-corrected chi connectivity index (χ3v) is 12.1. The van der Waals surface area contributed by atoms with Crippen molar-refractivity contribution in [2.24, 2.45) is 0 Å². The van der Waals surface area contributed by atoms with Crippen molar-refractivity contribution in [3.8, 4) is 0 Å². The monoisotopic (exact) mass is 1040 g/mol. The van der Waals surface area contributed by atoms with Gasteiger partial charge in [0, 0.05) is 78.5 Å². The van der Waals surface area contributed by atoms with Gasteiger partial charge >= 0.3 is 64.9 Å². The Morgan fingerprint density at radius 3 is 1.18 bits per heavy atom. The standard InChI is InChI=1S/C31H41F17N8O10S/c1-18(54-8-6-52(16-21(60)61)4-2-51(15-20(58)59)3-5-53(7-9-54)17-22(62)63)23(64)49-14-19(57)50-55-10-12-56(13-11-55)67(65,66)31(47,48)29(42,43)27(38,39)25(34,35)24(32,33)26(36,37)28(40,41)30(44,45)46/h18H,2-17H2,1H3,(H,49,64)(H,50,57)(H,58,59)(H,60,61)(H,62,63). The topological polar surface area (TPSA) is 224 Å². The molecular formula is C31H41F17N8O10S. The number of carbonyl (C=O) groups excluding carboxylic acids is 2. The van der Waals surface area contributed by atoms with Gasteiger partial charge in [0.2, 0.25) is 5.91 Å². The number of halogens is 17. The molecule has 2 aliphatic heterocycles. The fourth-order valence-corrected chi connectivity index (χ4v) is 7.62. The van der Waals surface area contributed by atoms with Crippen molar-refractivity contribution in [2.75, 3.05) is 105 Å². The Morgan fingerprint density at radius 2 is 0.836 bits per heavy atom. The lowest BCUT2D eigenvalue weighted by atomic mass is 9.91. The van der Waals surface area contributed by atoms with Crippen LogP contribution >= 0.6 is 0 Å². The molecular weight excluding hydrogens is 999 g/mol. The van der Waals surface area contributed by atoms with Crippen molar-refractivity contribution in [3.63, 3.8) is 0 Å². The van der Waals surface area contributed by atoms with Crippen LogP contribution in [0.5, 0.6) is 0 Å². The second-order valence-corrected chi connectivity index (χ2v) is 16.8. The Morgan fingerprint density at radius 1 is 0.507 bits per heavy atom. The molecule has 67 heavy (non-hydrogen) atoms. The number of hydrazine groups is 1. The molecule has 0 radical (unpaired) electrons. The molecule has 0 aromatic carbocycles. The van der Waals surface area contributed by atoms with Crippen LogP contribution in [0.2, 0.25) is 0 Å². The molecule has 2 heterocycles. The quantitative estimate of drug-likeness (QED) is 0.114. The van der Waals surface area contributed by atoms with E-state index in [4.69, 9.17) is 0 Å². The van der Waals surface area contributed by atoms with E-state index in [9.17, 15) is 122 Å². The minimum atomic E-state index is -8.98. The van der Waals surface area contributed by atoms with Crippen LogP contribution < -0.4 is 10.7 Å². The number of carboxylic acid groups (broad SMARTS) is 3. The molecule has 0 spiro atoms. The number of carboxylic acids is 3. The van der Waals surface area contributed by atoms with Crippen molar-refractivity contribution in [1.29, 1.82) is 0 Å². The van der Waals surface area contributed by atoms with Crippen molar-refractivity contribution in [2.45, 2.75) is 59.9 Å². The second-order valence-electron chi connectivity index (χ2n) is 14.8. The summed E-state index contributed by atoms with van der Waals surface area (Å²) >= 11 is 0. The summed E-state index contributed by atoms with van der Waals surface area (Å²) in [6, 6.07) is -1.16. The predicted octanol–water partition coefficient (Wildman–Crippen LogP) is 0.912. The summed E-state index contributed by atoms with van der Waals surface area (Å²) in [5, 5.41) is 23.1. The van der Waals surface area contributed by atoms with Crippen molar-refractivity contribution in [1.82, 2.24) is 39.7 Å². The van der Waals surface area contributed by atoms with E-state index in [1.807, 2.05) is 5.43 Å². The van der Waals surface area contributed by atoms with Gasteiger partial charge in [0.1, 0.15) is 0 Å². The molecule has 18 nitrogen and oxygen atoms in total. The SMILES string of the molecule is CC(C(=O)NCC(=O)NN1CCN(S(=O)(=O)C(F)(F)C(F)(F)C(F)(F)C(F)(F)C(F)(F)C(F)(F)C(F)(F)C(F)(F)F)CC1)N1CCN(CC(=O)O)CCN(CC(=O)O)CCN(CC(=O)O)CC1. The fraction of sp³-hybridized carbons (Fsp3) is 0.839. The van der Waals surface area contributed by atoms with E-state index < -0.39 is 149 Å². The van der Waals surface area contributed by atoms with E-state index in [1.165, 1.54) is 26.5 Å². The van der Waals surface area contributed by atoms with E-state index in [0.29, 0.717) is 5.01 Å². The molecule has 5 N–H and O–H groups in total. The summed E-state index contributed by atoms with van der Waals surface area (Å²) in [7, 11) is -7.54. The van der Waals surface area contributed by atoms with Gasteiger partial charge in [0.05, 0.1) is 32.2 Å². The largest absolute Gasteiger partial charge is 0.480 e. The molecule has 0 aromatic heterocycles. The van der Waals surface area contributed by atoms with Crippen LogP contribution in [-0.4, -0.2) is 240 Å². The zero-order chi connectivity index (χ0) is 52.2. The first kappa shape index (κ1) is 59.0. The van der Waals surface area contributed by atoms with Crippen molar-refractivity contribution >= 4 is 39.7 Å². The molecule has 2 fully saturated rings. The van der Waals surface area contributed by atoms with Gasteiger partial charge in [-0.15, -0.1) is 0 Å². The lowest BCUT2D eigenvalue weighted by Crippen LogP contribution is -2.75. The third-order valence-electron chi connectivity index (χ3n) is 10.2. The molecule has 2 rings (SSSR count). The molecule has 390 valence electrons. The first-order valence-corrected chi connectivity index (χ1v) is 20.2. The minimum absolute atomic E-state index is 0.0189. The van der Waals surface area contributed by atoms with E-state index in [-0.39, 0.29) is 52.4 Å². The molecule has 2 aliphatic rings. The number of nitrogens with one attached hydrogen (secondary N) is 2. The van der Waals surface area contributed by atoms with Gasteiger partial charge < -0.3 is 20.6 Å². The number of carbonyl (C=O) groups is 5. The zero-order valence-corrected chi connectivity index (χ0v) is 34.9. The van der Waals surface area contributed by atoms with Crippen LogP contribution in [0.3, 0.4) is 0 Å². The third kappa shape index (κ3) is 12.6. The maximum atomic E-state index is 14.7. The summed E-state index contributed by atoms with van der Waals surface area (Å²) in [5.74, 6) is -58.3. The number of aliphatic carboxylic acids is 3. The van der Waals surface area contributed by atoms with Crippen molar-refractivity contribution < 1.29 is 122 Å². The van der Waals surface area contributed by atoms with Crippen LogP contribution in [0.25, 0.3) is 0 Å². The normalized spacial score (nSPS) is 19.8. The Labute approximate surface area is 366 Å². The second kappa shape index (κ2) is 21.2. The number of rotatable bonds is 19. The number of nitrogens with zero attached hydrogens (tertiary/aromatic N) is 6. The van der Waals surface area contributed by atoms with Crippen LogP contribution in [0, 0.1) is 0 Å². The van der Waals surface area contributed by atoms with Crippen molar-refractivity contribution in [3.05, 3.63) is 0 Å². The lowest BCUT2D eigenvalue weighted by Gasteiger charge is -2.43. The van der Waals surface area contributed by atoms with Gasteiger partial charge in [-0.2, -0.15) is 78.9 Å². The highest BCUT2D eigenvalue weighted by molar-refractivity contribution is 7.90. The van der Waals surface area contributed by atoms with Crippen LogP contribution in [0.15, 0.2) is 0 Å². The van der Waals surface area contributed by atoms with Gasteiger partial charge in [0.15, 0.2) is 0 Å². The summed E-state index contributed by atoms with van der Waals surface area (Å²) in [6.45, 7) is -6.48. The van der Waals surface area contributed by atoms with Gasteiger partial charge in [-0.25, -0.2) is 13.4 Å². The van der Waals surface area contributed by atoms with Crippen LogP contribution in [0.4, 0.5) is 74.6 Å². The number of hydrogen-bond acceptors (Lipinski definition) is 12. The van der Waals surface area contributed by atoms with E-state index in [2.05, 4.69) is 5.32 Å². The number of sulfonamides is 1. The maximum Gasteiger partial charge on any atom is 0.460 e. The molecule has 2 amide bonds. The highest BCUT2D eigenvalue weighted by Crippen LogP contribution is 2.64. The molecule has 2 saturated heterocycles. The number of piperazine rings is 1. The highest BCUT2D eigenvalue weighted by atomic mass is 32.2. The molecule has 0 saturated carbocycles. The smallest absolute Gasteiger partial charge is 0.460 e. The first-order chi connectivity index (χ1) is 30.1. The average Bonchev–Trinajstić information content (AvgIpc) is 3.18. The number of amides is 2. The zero-order valence-electron chi connectivity index (χ0n) is 34.1. The first-order valence-electron chi connectivity index (χ1n) is 18.7. The van der Waals surface area contributed by atoms with Gasteiger partial charge in [-0.1, -0.05) is 0 Å². The Hall–Kier alpha value is -4.13. The van der Waals surface area contributed by atoms with E-state index in [1.54, 1.807) is 0 Å². The molecule has 1 unspecified atom stereocenters. The van der Waals surface area contributed by atoms with Gasteiger partial charge in [0.25, 0.3) is 15.9 Å².